The quantitative estimate of drug-likeness (QED) is 0.373. The highest BCUT2D eigenvalue weighted by molar-refractivity contribution is 5.74. The van der Waals surface area contributed by atoms with Gasteiger partial charge in [-0.05, 0) is 49.8 Å². The average Bonchev–Trinajstić information content (AvgIpc) is 2.61. The Labute approximate surface area is 143 Å². The number of anilines is 1. The molecule has 1 aliphatic carbocycles. The number of hydrogen-bond donors (Lipinski definition) is 3. The van der Waals surface area contributed by atoms with Crippen LogP contribution in [-0.4, -0.2) is 13.0 Å². The summed E-state index contributed by atoms with van der Waals surface area (Å²) < 4.78 is 25.3. The van der Waals surface area contributed by atoms with E-state index < -0.39 is 12.3 Å². The Morgan fingerprint density at radius 2 is 2.21 bits per heavy atom. The number of rotatable bonds is 8. The second-order valence-corrected chi connectivity index (χ2v) is 6.26. The molecule has 3 nitrogen and oxygen atoms in total. The number of benzene rings is 1. The van der Waals surface area contributed by atoms with Gasteiger partial charge in [-0.25, -0.2) is 8.78 Å². The molecule has 4 N–H and O–H groups in total. The molecule has 132 valence electrons. The molecular formula is C19H27F2N3. The highest BCUT2D eigenvalue weighted by Gasteiger charge is 2.22. The Morgan fingerprint density at radius 1 is 1.42 bits per heavy atom. The van der Waals surface area contributed by atoms with Crippen molar-refractivity contribution in [2.75, 3.05) is 11.9 Å². The zero-order valence-electron chi connectivity index (χ0n) is 14.2. The summed E-state index contributed by atoms with van der Waals surface area (Å²) in [5.74, 6) is 5.04. The van der Waals surface area contributed by atoms with E-state index in [-0.39, 0.29) is 0 Å². The second-order valence-electron chi connectivity index (χ2n) is 6.26. The molecule has 1 aliphatic rings. The first-order valence-electron chi connectivity index (χ1n) is 8.53. The smallest absolute Gasteiger partial charge is 0.241 e. The molecule has 0 fully saturated rings. The number of alkyl halides is 2. The summed E-state index contributed by atoms with van der Waals surface area (Å²) in [5.41, 5.74) is 7.72. The van der Waals surface area contributed by atoms with Crippen LogP contribution in [0.2, 0.25) is 0 Å². The van der Waals surface area contributed by atoms with Gasteiger partial charge in [0.1, 0.15) is 0 Å². The number of nitrogens with one attached hydrogen (secondary N) is 2. The van der Waals surface area contributed by atoms with E-state index in [0.717, 1.165) is 37.1 Å². The predicted molar refractivity (Wildman–Crippen MR) is 96.7 cm³/mol. The van der Waals surface area contributed by atoms with Crippen molar-refractivity contribution < 1.29 is 8.78 Å². The molecule has 1 aromatic rings. The maximum Gasteiger partial charge on any atom is 0.241 e. The molecule has 0 bridgehead atoms. The molecule has 1 aromatic carbocycles. The molecule has 0 amide bonds. The molecule has 24 heavy (non-hydrogen) atoms. The second kappa shape index (κ2) is 8.83. The Morgan fingerprint density at radius 3 is 2.79 bits per heavy atom. The largest absolute Gasteiger partial charge is 0.384 e. The molecule has 0 radical (unpaired) electrons. The molecule has 0 aromatic heterocycles. The van der Waals surface area contributed by atoms with E-state index in [1.54, 1.807) is 0 Å². The van der Waals surface area contributed by atoms with Gasteiger partial charge in [0.2, 0.25) is 6.43 Å². The van der Waals surface area contributed by atoms with Gasteiger partial charge in [0, 0.05) is 23.7 Å². The van der Waals surface area contributed by atoms with Crippen molar-refractivity contribution in [2.24, 2.45) is 11.8 Å². The van der Waals surface area contributed by atoms with Crippen LogP contribution in [0.5, 0.6) is 0 Å². The Kier molecular flexibility index (Phi) is 6.79. The topological polar surface area (TPSA) is 50.1 Å². The summed E-state index contributed by atoms with van der Waals surface area (Å²) in [7, 11) is 0. The van der Waals surface area contributed by atoms with Crippen molar-refractivity contribution in [3.63, 3.8) is 0 Å². The number of aryl methyl sites for hydroxylation is 1. The predicted octanol–water partition coefficient (Wildman–Crippen LogP) is 4.48. The molecule has 0 saturated carbocycles. The van der Waals surface area contributed by atoms with Gasteiger partial charge in [-0.2, -0.15) is 0 Å². The lowest BCUT2D eigenvalue weighted by Crippen LogP contribution is -2.20. The van der Waals surface area contributed by atoms with Crippen LogP contribution in [0.25, 0.3) is 5.70 Å². The molecule has 1 unspecified atom stereocenters. The molecule has 1 atom stereocenters. The third-order valence-electron chi connectivity index (χ3n) is 4.66. The highest BCUT2D eigenvalue weighted by atomic mass is 19.3. The number of allylic oxidation sites excluding steroid dienone is 1. The van der Waals surface area contributed by atoms with Crippen LogP contribution in [-0.2, 0) is 6.42 Å². The zero-order chi connectivity index (χ0) is 17.5. The number of hydrazine groups is 1. The van der Waals surface area contributed by atoms with Crippen LogP contribution >= 0.6 is 0 Å². The average molecular weight is 335 g/mol. The summed E-state index contributed by atoms with van der Waals surface area (Å²) in [4.78, 5) is 0. The van der Waals surface area contributed by atoms with Gasteiger partial charge in [0.25, 0.3) is 0 Å². The minimum absolute atomic E-state index is 0.464. The Hall–Kier alpha value is -1.88. The summed E-state index contributed by atoms with van der Waals surface area (Å²) in [5, 5.41) is 3.42. The van der Waals surface area contributed by atoms with Crippen LogP contribution in [0.1, 0.15) is 43.7 Å². The lowest BCUT2D eigenvalue weighted by atomic mass is 9.88. The van der Waals surface area contributed by atoms with Gasteiger partial charge in [-0.3, -0.25) is 5.84 Å². The molecular weight excluding hydrogens is 308 g/mol. The molecule has 0 aliphatic heterocycles. The fraction of sp³-hybridized carbons (Fsp3) is 0.474. The van der Waals surface area contributed by atoms with E-state index in [4.69, 9.17) is 5.84 Å². The van der Waals surface area contributed by atoms with E-state index in [1.807, 2.05) is 12.1 Å². The zero-order valence-corrected chi connectivity index (χ0v) is 14.2. The van der Waals surface area contributed by atoms with Gasteiger partial charge >= 0.3 is 0 Å². The number of nitrogens with two attached hydrogens (primary N) is 1. The van der Waals surface area contributed by atoms with Gasteiger partial charge in [0.15, 0.2) is 0 Å². The van der Waals surface area contributed by atoms with Crippen LogP contribution in [0.4, 0.5) is 14.5 Å². The third kappa shape index (κ3) is 4.81. The van der Waals surface area contributed by atoms with Gasteiger partial charge in [0.05, 0.1) is 5.70 Å². The van der Waals surface area contributed by atoms with Gasteiger partial charge < -0.3 is 10.7 Å². The molecule has 0 saturated heterocycles. The maximum absolute atomic E-state index is 12.7. The number of hydrogen-bond acceptors (Lipinski definition) is 3. The van der Waals surface area contributed by atoms with Crippen molar-refractivity contribution in [2.45, 2.75) is 45.5 Å². The molecule has 5 heteroatoms. The van der Waals surface area contributed by atoms with Crippen molar-refractivity contribution in [3.8, 4) is 0 Å². The normalized spacial score (nSPS) is 17.5. The van der Waals surface area contributed by atoms with Crippen LogP contribution in [0.15, 0.2) is 36.4 Å². The van der Waals surface area contributed by atoms with Crippen LogP contribution in [0, 0.1) is 5.92 Å². The molecule has 2 rings (SSSR count). The van der Waals surface area contributed by atoms with Crippen molar-refractivity contribution in [3.05, 3.63) is 47.6 Å². The highest BCUT2D eigenvalue weighted by Crippen LogP contribution is 2.30. The van der Waals surface area contributed by atoms with E-state index in [2.05, 4.69) is 36.4 Å². The lowest BCUT2D eigenvalue weighted by Gasteiger charge is -2.21. The summed E-state index contributed by atoms with van der Waals surface area (Å²) in [6.07, 6.45) is 3.47. The third-order valence-corrected chi connectivity index (χ3v) is 4.66. The van der Waals surface area contributed by atoms with E-state index in [1.165, 1.54) is 11.1 Å². The van der Waals surface area contributed by atoms with E-state index in [0.29, 0.717) is 18.5 Å². The summed E-state index contributed by atoms with van der Waals surface area (Å²) in [6.45, 7) is 6.81. The van der Waals surface area contributed by atoms with E-state index in [9.17, 15) is 8.78 Å². The number of halogens is 2. The fourth-order valence-electron chi connectivity index (χ4n) is 3.02. The standard InChI is InChI=1S/C19H27F2N3/c1-3-14-6-9-18(17(12-14)13(2)24-22)23-11-10-15-4-7-16(8-5-15)19(20)21/h4,6,9,12,16,19,23-24H,2-3,5,7-8,10-11,22H2,1H3. The summed E-state index contributed by atoms with van der Waals surface area (Å²) in [6, 6.07) is 6.21. The van der Waals surface area contributed by atoms with Gasteiger partial charge in [-0.1, -0.05) is 31.2 Å². The first-order valence-corrected chi connectivity index (χ1v) is 8.53. The van der Waals surface area contributed by atoms with Gasteiger partial charge in [-0.15, -0.1) is 0 Å². The van der Waals surface area contributed by atoms with Crippen molar-refractivity contribution >= 4 is 11.4 Å². The van der Waals surface area contributed by atoms with Crippen molar-refractivity contribution in [1.29, 1.82) is 0 Å². The van der Waals surface area contributed by atoms with Crippen LogP contribution < -0.4 is 16.6 Å². The monoisotopic (exact) mass is 335 g/mol. The molecule has 0 heterocycles. The minimum atomic E-state index is -2.20. The Balaban J connectivity index is 1.94. The first kappa shape index (κ1) is 18.5. The van der Waals surface area contributed by atoms with Crippen molar-refractivity contribution in [1.82, 2.24) is 5.43 Å². The SMILES string of the molecule is C=C(NN)c1cc(CC)ccc1NCCC1=CCC(C(F)F)CC1. The maximum atomic E-state index is 12.7. The first-order chi connectivity index (χ1) is 11.5. The van der Waals surface area contributed by atoms with E-state index >= 15 is 0 Å². The molecule has 0 spiro atoms. The summed E-state index contributed by atoms with van der Waals surface area (Å²) >= 11 is 0. The Bertz CT molecular complexity index is 596. The fourth-order valence-corrected chi connectivity index (χ4v) is 3.02. The lowest BCUT2D eigenvalue weighted by molar-refractivity contribution is 0.0712. The van der Waals surface area contributed by atoms with Crippen LogP contribution in [0.3, 0.4) is 0 Å². The minimum Gasteiger partial charge on any atom is -0.384 e.